The molecule has 0 aliphatic rings. The van der Waals surface area contributed by atoms with Crippen LogP contribution in [-0.2, 0) is 9.59 Å². The van der Waals surface area contributed by atoms with Gasteiger partial charge in [-0.05, 0) is 32.2 Å². The largest absolute Gasteiger partial charge is 0.481 e. The van der Waals surface area contributed by atoms with Crippen molar-refractivity contribution >= 4 is 11.9 Å². The summed E-state index contributed by atoms with van der Waals surface area (Å²) >= 11 is 0. The molecule has 0 aromatic heterocycles. The highest BCUT2D eigenvalue weighted by molar-refractivity contribution is 5.82. The number of aliphatic carboxylic acids is 1. The van der Waals surface area contributed by atoms with Crippen LogP contribution in [-0.4, -0.2) is 47.6 Å². The van der Waals surface area contributed by atoms with E-state index in [0.717, 1.165) is 38.9 Å². The molecule has 0 spiro atoms. The fraction of sp³-hybridized carbons (Fsp3) is 0.931. The summed E-state index contributed by atoms with van der Waals surface area (Å²) in [5.74, 6) is -0.702. The summed E-state index contributed by atoms with van der Waals surface area (Å²) in [5.41, 5.74) is 0. The van der Waals surface area contributed by atoms with Gasteiger partial charge in [-0.25, -0.2) is 0 Å². The first-order valence-electron chi connectivity index (χ1n) is 14.8. The molecule has 0 bridgehead atoms. The lowest BCUT2D eigenvalue weighted by Gasteiger charge is -2.28. The van der Waals surface area contributed by atoms with Gasteiger partial charge in [-0.3, -0.25) is 9.59 Å². The van der Waals surface area contributed by atoms with E-state index in [4.69, 9.17) is 0 Å². The molecule has 0 aliphatic carbocycles. The monoisotopic (exact) mass is 482 g/mol. The van der Waals surface area contributed by atoms with E-state index in [1.54, 1.807) is 0 Å². The molecule has 0 aromatic rings. The summed E-state index contributed by atoms with van der Waals surface area (Å²) in [6, 6.07) is -0.369. The maximum atomic E-state index is 13.5. The van der Waals surface area contributed by atoms with E-state index in [2.05, 4.69) is 26.1 Å². The number of carbonyl (C=O) groups is 2. The number of amides is 1. The highest BCUT2D eigenvalue weighted by atomic mass is 16.4. The Morgan fingerprint density at radius 3 is 1.50 bits per heavy atom. The van der Waals surface area contributed by atoms with Crippen molar-refractivity contribution in [3.05, 3.63) is 0 Å². The van der Waals surface area contributed by atoms with Crippen LogP contribution in [0.3, 0.4) is 0 Å². The van der Waals surface area contributed by atoms with Crippen molar-refractivity contribution in [2.45, 2.75) is 155 Å². The van der Waals surface area contributed by atoms with E-state index < -0.39 is 5.97 Å². The predicted octanol–water partition coefficient (Wildman–Crippen LogP) is 7.72. The first-order chi connectivity index (χ1) is 16.6. The molecule has 0 fully saturated rings. The quantitative estimate of drug-likeness (QED) is 0.124. The highest BCUT2D eigenvalue weighted by Gasteiger charge is 2.24. The van der Waals surface area contributed by atoms with Crippen molar-refractivity contribution in [2.75, 3.05) is 19.6 Å². The average Bonchev–Trinajstić information content (AvgIpc) is 2.82. The van der Waals surface area contributed by atoms with Crippen molar-refractivity contribution < 1.29 is 14.7 Å². The Bertz CT molecular complexity index is 454. The smallest absolute Gasteiger partial charge is 0.303 e. The van der Waals surface area contributed by atoms with Gasteiger partial charge >= 0.3 is 5.97 Å². The summed E-state index contributed by atoms with van der Waals surface area (Å²) in [7, 11) is 0. The minimum Gasteiger partial charge on any atom is -0.481 e. The van der Waals surface area contributed by atoms with Crippen molar-refractivity contribution in [3.8, 4) is 0 Å². The van der Waals surface area contributed by atoms with Gasteiger partial charge in [-0.15, -0.1) is 0 Å². The van der Waals surface area contributed by atoms with Crippen LogP contribution in [0.1, 0.15) is 149 Å². The molecule has 0 saturated heterocycles. The topological polar surface area (TPSA) is 69.6 Å². The number of unbranched alkanes of at least 4 members (excludes halogenated alkanes) is 15. The van der Waals surface area contributed by atoms with Gasteiger partial charge in [0.15, 0.2) is 0 Å². The third-order valence-corrected chi connectivity index (χ3v) is 6.74. The van der Waals surface area contributed by atoms with Gasteiger partial charge in [-0.1, -0.05) is 117 Å². The minimum atomic E-state index is -0.822. The number of carboxylic acids is 1. The van der Waals surface area contributed by atoms with Gasteiger partial charge < -0.3 is 15.3 Å². The molecule has 34 heavy (non-hydrogen) atoms. The first-order valence-corrected chi connectivity index (χ1v) is 14.8. The van der Waals surface area contributed by atoms with Crippen LogP contribution in [0, 0.1) is 0 Å². The molecule has 1 atom stereocenters. The summed E-state index contributed by atoms with van der Waals surface area (Å²) in [6.07, 6.45) is 22.3. The second kappa shape index (κ2) is 25.0. The summed E-state index contributed by atoms with van der Waals surface area (Å²) in [6.45, 7) is 9.10. The number of carboxylic acid groups (broad SMARTS) is 1. The van der Waals surface area contributed by atoms with E-state index >= 15 is 0 Å². The number of nitrogens with zero attached hydrogens (tertiary/aromatic N) is 1. The number of nitrogens with one attached hydrogen (secondary N) is 1. The van der Waals surface area contributed by atoms with Crippen molar-refractivity contribution in [2.24, 2.45) is 0 Å². The Kier molecular flexibility index (Phi) is 24.2. The molecule has 202 valence electrons. The fourth-order valence-electron chi connectivity index (χ4n) is 4.48. The van der Waals surface area contributed by atoms with Crippen molar-refractivity contribution in [3.63, 3.8) is 0 Å². The zero-order valence-corrected chi connectivity index (χ0v) is 23.1. The normalized spacial score (nSPS) is 12.1. The van der Waals surface area contributed by atoms with Crippen LogP contribution in [0.2, 0.25) is 0 Å². The minimum absolute atomic E-state index is 0.0434. The molecule has 5 heteroatoms. The standard InChI is InChI=1S/C29H58N2O3/c1-4-7-10-13-16-19-24-30-27(22-23-28(32)33)29(34)31(25-20-17-14-11-8-5-2)26-21-18-15-12-9-6-3/h27,30H,4-26H2,1-3H3,(H,32,33)/t27-/m0/s1. The van der Waals surface area contributed by atoms with Gasteiger partial charge in [0.2, 0.25) is 5.91 Å². The Labute approximate surface area is 211 Å². The molecular weight excluding hydrogens is 424 g/mol. The Hall–Kier alpha value is -1.10. The molecule has 0 saturated carbocycles. The van der Waals surface area contributed by atoms with Crippen LogP contribution in [0.4, 0.5) is 0 Å². The molecule has 2 N–H and O–H groups in total. The van der Waals surface area contributed by atoms with Gasteiger partial charge in [0.05, 0.1) is 6.04 Å². The lowest BCUT2D eigenvalue weighted by atomic mass is 10.1. The summed E-state index contributed by atoms with van der Waals surface area (Å²) in [4.78, 5) is 26.7. The van der Waals surface area contributed by atoms with E-state index in [1.807, 2.05) is 4.90 Å². The molecule has 0 aliphatic heterocycles. The first kappa shape index (κ1) is 32.9. The van der Waals surface area contributed by atoms with E-state index in [0.29, 0.717) is 6.42 Å². The predicted molar refractivity (Wildman–Crippen MR) is 145 cm³/mol. The zero-order chi connectivity index (χ0) is 25.3. The van der Waals surface area contributed by atoms with Crippen LogP contribution < -0.4 is 5.32 Å². The summed E-state index contributed by atoms with van der Waals surface area (Å²) < 4.78 is 0. The zero-order valence-electron chi connectivity index (χ0n) is 23.1. The molecule has 0 radical (unpaired) electrons. The van der Waals surface area contributed by atoms with Gasteiger partial charge in [0, 0.05) is 19.5 Å². The molecular formula is C29H58N2O3. The van der Waals surface area contributed by atoms with Crippen LogP contribution in [0.5, 0.6) is 0 Å². The average molecular weight is 483 g/mol. The second-order valence-electron chi connectivity index (χ2n) is 10.1. The fourth-order valence-corrected chi connectivity index (χ4v) is 4.48. The Morgan fingerprint density at radius 1 is 0.647 bits per heavy atom. The molecule has 1 amide bonds. The number of hydrogen-bond acceptors (Lipinski definition) is 3. The van der Waals surface area contributed by atoms with Gasteiger partial charge in [-0.2, -0.15) is 0 Å². The van der Waals surface area contributed by atoms with Crippen molar-refractivity contribution in [1.82, 2.24) is 10.2 Å². The molecule has 0 rings (SSSR count). The maximum absolute atomic E-state index is 13.5. The van der Waals surface area contributed by atoms with Crippen LogP contribution >= 0.6 is 0 Å². The van der Waals surface area contributed by atoms with Gasteiger partial charge in [0.25, 0.3) is 0 Å². The lowest BCUT2D eigenvalue weighted by molar-refractivity contribution is -0.138. The summed E-state index contributed by atoms with van der Waals surface area (Å²) in [5, 5.41) is 12.6. The third kappa shape index (κ3) is 20.3. The number of hydrogen-bond donors (Lipinski definition) is 2. The second-order valence-corrected chi connectivity index (χ2v) is 10.1. The maximum Gasteiger partial charge on any atom is 0.303 e. The lowest BCUT2D eigenvalue weighted by Crippen LogP contribution is -2.47. The SMILES string of the molecule is CCCCCCCCN[C@@H](CCC(=O)O)C(=O)N(CCCCCCCC)CCCCCCCC. The molecule has 0 aromatic carbocycles. The number of rotatable bonds is 26. The molecule has 5 nitrogen and oxygen atoms in total. The Morgan fingerprint density at radius 2 is 1.06 bits per heavy atom. The van der Waals surface area contributed by atoms with E-state index in [-0.39, 0.29) is 18.4 Å². The Balaban J connectivity index is 4.75. The van der Waals surface area contributed by atoms with Crippen LogP contribution in [0.25, 0.3) is 0 Å². The molecule has 0 heterocycles. The van der Waals surface area contributed by atoms with Gasteiger partial charge in [0.1, 0.15) is 0 Å². The third-order valence-electron chi connectivity index (χ3n) is 6.74. The van der Waals surface area contributed by atoms with E-state index in [1.165, 1.54) is 96.3 Å². The van der Waals surface area contributed by atoms with E-state index in [9.17, 15) is 14.7 Å². The highest BCUT2D eigenvalue weighted by Crippen LogP contribution is 2.12. The van der Waals surface area contributed by atoms with Crippen molar-refractivity contribution in [1.29, 1.82) is 0 Å². The molecule has 0 unspecified atom stereocenters. The van der Waals surface area contributed by atoms with Crippen LogP contribution in [0.15, 0.2) is 0 Å². The number of carbonyl (C=O) groups excluding carboxylic acids is 1.